The molecule has 0 radical (unpaired) electrons. The summed E-state index contributed by atoms with van der Waals surface area (Å²) in [5.41, 5.74) is 2.72. The van der Waals surface area contributed by atoms with Crippen LogP contribution in [0.15, 0.2) is 22.8 Å². The SMILES string of the molecule is CC(C)=C1C(=O)C[C@@]2(C)C[C@@H](O)C3(C)CCC(O3)/C(C)=C\C[C@H]12. The number of rotatable bonds is 0. The van der Waals surface area contributed by atoms with Crippen molar-refractivity contribution >= 4 is 5.78 Å². The topological polar surface area (TPSA) is 46.5 Å². The van der Waals surface area contributed by atoms with E-state index in [4.69, 9.17) is 4.74 Å². The van der Waals surface area contributed by atoms with Gasteiger partial charge in [-0.2, -0.15) is 0 Å². The van der Waals surface area contributed by atoms with Crippen LogP contribution in [-0.4, -0.2) is 28.7 Å². The molecule has 2 unspecified atom stereocenters. The first-order chi connectivity index (χ1) is 10.7. The van der Waals surface area contributed by atoms with Crippen molar-refractivity contribution < 1.29 is 14.6 Å². The zero-order valence-electron chi connectivity index (χ0n) is 15.1. The Morgan fingerprint density at radius 1 is 1.35 bits per heavy atom. The first-order valence-corrected chi connectivity index (χ1v) is 8.89. The standard InChI is InChI=1S/C20H30O3/c1-12(2)18-14-7-6-13(3)16-8-9-20(5,23-16)17(22)11-19(14,4)10-15(18)21/h6,14,16-17,22H,7-11H2,1-5H3/b13-6-/t14-,16?,17-,19+,20?/m1/s1. The number of hydrogen-bond acceptors (Lipinski definition) is 3. The smallest absolute Gasteiger partial charge is 0.159 e. The Morgan fingerprint density at radius 3 is 2.70 bits per heavy atom. The second kappa shape index (κ2) is 5.56. The van der Waals surface area contributed by atoms with Gasteiger partial charge < -0.3 is 9.84 Å². The van der Waals surface area contributed by atoms with Crippen LogP contribution in [-0.2, 0) is 9.53 Å². The number of aliphatic hydroxyl groups excluding tert-OH is 1. The van der Waals surface area contributed by atoms with Gasteiger partial charge in [-0.1, -0.05) is 18.6 Å². The normalized spacial score (nSPS) is 46.3. The lowest BCUT2D eigenvalue weighted by molar-refractivity contribution is -0.119. The van der Waals surface area contributed by atoms with Crippen LogP contribution in [0.2, 0.25) is 0 Å². The van der Waals surface area contributed by atoms with Crippen LogP contribution in [0.3, 0.4) is 0 Å². The number of hydrogen-bond donors (Lipinski definition) is 1. The van der Waals surface area contributed by atoms with E-state index in [0.717, 1.165) is 30.4 Å². The number of Topliss-reactive ketones (excluding diaryl/α,β-unsaturated/α-hetero) is 1. The van der Waals surface area contributed by atoms with E-state index < -0.39 is 11.7 Å². The molecule has 0 amide bonds. The molecule has 3 nitrogen and oxygen atoms in total. The van der Waals surface area contributed by atoms with Gasteiger partial charge in [-0.15, -0.1) is 0 Å². The minimum absolute atomic E-state index is 0.117. The summed E-state index contributed by atoms with van der Waals surface area (Å²) in [6, 6.07) is 0. The molecule has 0 spiro atoms. The lowest BCUT2D eigenvalue weighted by Crippen LogP contribution is -2.44. The summed E-state index contributed by atoms with van der Waals surface area (Å²) in [6.45, 7) is 10.4. The van der Waals surface area contributed by atoms with Crippen LogP contribution in [0.25, 0.3) is 0 Å². The molecule has 3 rings (SSSR count). The highest BCUT2D eigenvalue weighted by molar-refractivity contribution is 5.99. The Labute approximate surface area is 139 Å². The predicted molar refractivity (Wildman–Crippen MR) is 91.1 cm³/mol. The van der Waals surface area contributed by atoms with E-state index in [1.54, 1.807) is 0 Å². The van der Waals surface area contributed by atoms with E-state index in [9.17, 15) is 9.90 Å². The molecule has 2 fully saturated rings. The maximum atomic E-state index is 12.6. The fourth-order valence-electron chi connectivity index (χ4n) is 4.89. The minimum Gasteiger partial charge on any atom is -0.390 e. The van der Waals surface area contributed by atoms with Crippen LogP contribution < -0.4 is 0 Å². The number of aliphatic hydroxyl groups is 1. The average molecular weight is 318 g/mol. The number of ether oxygens (including phenoxy) is 1. The van der Waals surface area contributed by atoms with Gasteiger partial charge in [0.05, 0.1) is 17.8 Å². The summed E-state index contributed by atoms with van der Waals surface area (Å²) in [6.07, 6.45) is 5.79. The van der Waals surface area contributed by atoms with Crippen molar-refractivity contribution in [2.24, 2.45) is 11.3 Å². The van der Waals surface area contributed by atoms with Crippen molar-refractivity contribution in [2.45, 2.75) is 84.5 Å². The maximum absolute atomic E-state index is 12.6. The molecule has 2 bridgehead atoms. The third-order valence-electron chi connectivity index (χ3n) is 6.46. The van der Waals surface area contributed by atoms with Crippen molar-refractivity contribution in [3.8, 4) is 0 Å². The Bertz CT molecular complexity index is 584. The molecular formula is C20H30O3. The lowest BCUT2D eigenvalue weighted by atomic mass is 9.70. The molecule has 1 N–H and O–H groups in total. The maximum Gasteiger partial charge on any atom is 0.159 e. The molecule has 128 valence electrons. The van der Waals surface area contributed by atoms with E-state index in [0.29, 0.717) is 12.8 Å². The van der Waals surface area contributed by atoms with Crippen molar-refractivity contribution in [3.05, 3.63) is 22.8 Å². The number of carbonyl (C=O) groups excluding carboxylic acids is 1. The molecule has 1 saturated carbocycles. The van der Waals surface area contributed by atoms with Gasteiger partial charge in [0.1, 0.15) is 0 Å². The van der Waals surface area contributed by atoms with E-state index >= 15 is 0 Å². The highest BCUT2D eigenvalue weighted by atomic mass is 16.5. The van der Waals surface area contributed by atoms with Gasteiger partial charge >= 0.3 is 0 Å². The summed E-state index contributed by atoms with van der Waals surface area (Å²) in [5, 5.41) is 10.9. The molecule has 23 heavy (non-hydrogen) atoms. The summed E-state index contributed by atoms with van der Waals surface area (Å²) in [5.74, 6) is 0.483. The minimum atomic E-state index is -0.518. The molecule has 2 heterocycles. The summed E-state index contributed by atoms with van der Waals surface area (Å²) in [7, 11) is 0. The Morgan fingerprint density at radius 2 is 2.04 bits per heavy atom. The van der Waals surface area contributed by atoms with E-state index in [2.05, 4.69) is 19.9 Å². The number of carbonyl (C=O) groups is 1. The number of ketones is 1. The zero-order valence-corrected chi connectivity index (χ0v) is 15.1. The summed E-state index contributed by atoms with van der Waals surface area (Å²) in [4.78, 5) is 12.6. The van der Waals surface area contributed by atoms with Gasteiger partial charge in [-0.05, 0) is 75.9 Å². The van der Waals surface area contributed by atoms with E-state index in [1.807, 2.05) is 20.8 Å². The van der Waals surface area contributed by atoms with Gasteiger partial charge in [0.25, 0.3) is 0 Å². The summed E-state index contributed by atoms with van der Waals surface area (Å²) >= 11 is 0. The van der Waals surface area contributed by atoms with Crippen LogP contribution in [0.1, 0.15) is 66.7 Å². The van der Waals surface area contributed by atoms with Crippen molar-refractivity contribution in [1.29, 1.82) is 0 Å². The first-order valence-electron chi connectivity index (χ1n) is 8.89. The molecule has 2 aliphatic heterocycles. The molecule has 0 aromatic carbocycles. The quantitative estimate of drug-likeness (QED) is 0.543. The highest BCUT2D eigenvalue weighted by Crippen LogP contribution is 2.53. The molecule has 5 atom stereocenters. The van der Waals surface area contributed by atoms with Crippen LogP contribution in [0, 0.1) is 11.3 Å². The highest BCUT2D eigenvalue weighted by Gasteiger charge is 2.52. The third-order valence-corrected chi connectivity index (χ3v) is 6.46. The average Bonchev–Trinajstić information content (AvgIpc) is 2.95. The van der Waals surface area contributed by atoms with Crippen molar-refractivity contribution in [2.75, 3.05) is 0 Å². The predicted octanol–water partition coefficient (Wildman–Crippen LogP) is 3.96. The molecule has 0 aromatic heterocycles. The summed E-state index contributed by atoms with van der Waals surface area (Å²) < 4.78 is 6.23. The van der Waals surface area contributed by atoms with Crippen molar-refractivity contribution in [1.82, 2.24) is 0 Å². The lowest BCUT2D eigenvalue weighted by Gasteiger charge is -2.39. The number of fused-ring (bicyclic) bond motifs is 3. The Hall–Kier alpha value is -0.930. The Kier molecular flexibility index (Phi) is 4.09. The van der Waals surface area contributed by atoms with Gasteiger partial charge in [0.15, 0.2) is 5.78 Å². The molecule has 3 aliphatic rings. The van der Waals surface area contributed by atoms with Crippen LogP contribution in [0.5, 0.6) is 0 Å². The fraction of sp³-hybridized carbons (Fsp3) is 0.750. The van der Waals surface area contributed by atoms with E-state index in [1.165, 1.54) is 5.57 Å². The van der Waals surface area contributed by atoms with Crippen LogP contribution >= 0.6 is 0 Å². The molecule has 1 saturated heterocycles. The van der Waals surface area contributed by atoms with Gasteiger partial charge in [-0.25, -0.2) is 0 Å². The molecule has 3 heteroatoms. The first kappa shape index (κ1) is 16.9. The molecule has 0 aromatic rings. The second-order valence-corrected chi connectivity index (χ2v) is 8.58. The fourth-order valence-corrected chi connectivity index (χ4v) is 4.89. The third kappa shape index (κ3) is 2.72. The molecular weight excluding hydrogens is 288 g/mol. The largest absolute Gasteiger partial charge is 0.390 e. The monoisotopic (exact) mass is 318 g/mol. The number of allylic oxidation sites excluding steroid dienone is 3. The van der Waals surface area contributed by atoms with Crippen LogP contribution in [0.4, 0.5) is 0 Å². The van der Waals surface area contributed by atoms with E-state index in [-0.39, 0.29) is 23.2 Å². The zero-order chi connectivity index (χ0) is 17.0. The van der Waals surface area contributed by atoms with Gasteiger partial charge in [0, 0.05) is 6.42 Å². The Balaban J connectivity index is 2.05. The van der Waals surface area contributed by atoms with Crippen molar-refractivity contribution in [3.63, 3.8) is 0 Å². The molecule has 1 aliphatic carbocycles. The van der Waals surface area contributed by atoms with Gasteiger partial charge in [-0.3, -0.25) is 4.79 Å². The van der Waals surface area contributed by atoms with Gasteiger partial charge in [0.2, 0.25) is 0 Å². The second-order valence-electron chi connectivity index (χ2n) is 8.58.